The molecule has 152 valence electrons. The second-order valence-corrected chi connectivity index (χ2v) is 6.83. The van der Waals surface area contributed by atoms with E-state index in [4.69, 9.17) is 21.5 Å². The zero-order valence-electron chi connectivity index (χ0n) is 16.0. The van der Waals surface area contributed by atoms with E-state index < -0.39 is 24.9 Å². The van der Waals surface area contributed by atoms with Gasteiger partial charge in [-0.05, 0) is 0 Å². The molecule has 29 heavy (non-hydrogen) atoms. The summed E-state index contributed by atoms with van der Waals surface area (Å²) in [5.41, 5.74) is 11.5. The molecule has 7 nitrogen and oxygen atoms in total. The number of benzene rings is 1. The molecule has 6 N–H and O–H groups in total. The maximum atomic E-state index is 14.1. The number of hydrogen-bond donors (Lipinski definition) is 4. The van der Waals surface area contributed by atoms with Gasteiger partial charge in [0.05, 0.1) is 0 Å². The third-order valence-corrected chi connectivity index (χ3v) is 4.59. The van der Waals surface area contributed by atoms with Crippen LogP contribution in [0.5, 0.6) is 0 Å². The Balaban J connectivity index is 2.12. The van der Waals surface area contributed by atoms with Crippen molar-refractivity contribution in [1.29, 1.82) is 0 Å². The predicted molar refractivity (Wildman–Crippen MR) is 110 cm³/mol. The number of carbonyl (C=O) groups excluding carboxylic acids is 2. The van der Waals surface area contributed by atoms with Crippen LogP contribution in [0.25, 0.3) is 0 Å². The Labute approximate surface area is 169 Å². The van der Waals surface area contributed by atoms with Crippen LogP contribution in [0.2, 0.25) is 0 Å². The van der Waals surface area contributed by atoms with Crippen molar-refractivity contribution < 1.29 is 24.0 Å². The van der Waals surface area contributed by atoms with Gasteiger partial charge in [-0.25, -0.2) is 0 Å². The van der Waals surface area contributed by atoms with Gasteiger partial charge in [0.2, 0.25) is 0 Å². The van der Waals surface area contributed by atoms with Crippen LogP contribution in [0.1, 0.15) is 35.2 Å². The van der Waals surface area contributed by atoms with Gasteiger partial charge >= 0.3 is 169 Å². The molecule has 1 heterocycles. The number of hydrogen-bond acceptors (Lipinski definition) is 5. The summed E-state index contributed by atoms with van der Waals surface area (Å²) in [4.78, 5) is 25.6. The summed E-state index contributed by atoms with van der Waals surface area (Å²) in [6.07, 6.45) is 1.61. The SMILES string of the molecule is NC(=O)C(N)CCCCN(Cc1cbccc1)C(=O)c1ccc(B(O)O)c(F)c1. The first-order chi connectivity index (χ1) is 13.8. The molecule has 0 bridgehead atoms. The molecule has 0 radical (unpaired) electrons. The average molecular weight is 399 g/mol. The van der Waals surface area contributed by atoms with Gasteiger partial charge in [-0.2, -0.15) is 0 Å². The van der Waals surface area contributed by atoms with E-state index in [0.717, 1.165) is 11.6 Å². The van der Waals surface area contributed by atoms with Gasteiger partial charge in [-0.3, -0.25) is 0 Å². The van der Waals surface area contributed by atoms with E-state index in [1.807, 2.05) is 31.0 Å². The topological polar surface area (TPSA) is 130 Å². The molecule has 2 aromatic rings. The predicted octanol–water partition coefficient (Wildman–Crippen LogP) is -0.531. The Bertz CT molecular complexity index is 839. The molecule has 2 amide bonds. The molecule has 0 saturated heterocycles. The molecule has 1 aromatic carbocycles. The Hall–Kier alpha value is -2.55. The van der Waals surface area contributed by atoms with Crippen molar-refractivity contribution in [2.24, 2.45) is 11.5 Å². The van der Waals surface area contributed by atoms with Gasteiger partial charge in [0.25, 0.3) is 0 Å². The van der Waals surface area contributed by atoms with Crippen LogP contribution in [0, 0.1) is 5.82 Å². The molecule has 0 fully saturated rings. The van der Waals surface area contributed by atoms with E-state index in [1.165, 1.54) is 12.1 Å². The number of nitrogens with two attached hydrogens (primary N) is 2. The van der Waals surface area contributed by atoms with Crippen LogP contribution in [0.4, 0.5) is 4.39 Å². The Morgan fingerprint density at radius 1 is 1.24 bits per heavy atom. The number of carbonyl (C=O) groups is 2. The minimum absolute atomic E-state index is 0.108. The molecule has 10 heteroatoms. The molecule has 0 spiro atoms. The van der Waals surface area contributed by atoms with Crippen LogP contribution < -0.4 is 16.9 Å². The van der Waals surface area contributed by atoms with Crippen LogP contribution in [-0.4, -0.2) is 53.4 Å². The van der Waals surface area contributed by atoms with Gasteiger partial charge in [-0.15, -0.1) is 0 Å². The fourth-order valence-corrected chi connectivity index (χ4v) is 2.92. The fourth-order valence-electron chi connectivity index (χ4n) is 2.92. The van der Waals surface area contributed by atoms with Crippen molar-refractivity contribution in [3.05, 3.63) is 59.2 Å². The van der Waals surface area contributed by atoms with Gasteiger partial charge in [0.15, 0.2) is 0 Å². The van der Waals surface area contributed by atoms with Gasteiger partial charge in [0, 0.05) is 0 Å². The first-order valence-electron chi connectivity index (χ1n) is 9.33. The normalized spacial score (nSPS) is 11.6. The van der Waals surface area contributed by atoms with Gasteiger partial charge in [0.1, 0.15) is 0 Å². The monoisotopic (exact) mass is 399 g/mol. The number of rotatable bonds is 10. The summed E-state index contributed by atoms with van der Waals surface area (Å²) in [6.45, 7) is 2.57. The first-order valence-corrected chi connectivity index (χ1v) is 9.33. The number of primary amides is 1. The van der Waals surface area contributed by atoms with E-state index >= 15 is 0 Å². The molecule has 0 aliphatic carbocycles. The Morgan fingerprint density at radius 3 is 2.59 bits per heavy atom. The summed E-state index contributed by atoms with van der Waals surface area (Å²) in [5, 5.41) is 18.3. The second-order valence-electron chi connectivity index (χ2n) is 6.83. The van der Waals surface area contributed by atoms with Crippen molar-refractivity contribution in [1.82, 2.24) is 4.90 Å². The van der Waals surface area contributed by atoms with Crippen molar-refractivity contribution >= 4 is 31.3 Å². The zero-order chi connectivity index (χ0) is 21.4. The molecule has 1 unspecified atom stereocenters. The molecular formula is C19H24B2FN3O4. The average Bonchev–Trinajstić information content (AvgIpc) is 2.69. The summed E-state index contributed by atoms with van der Waals surface area (Å²) in [5.74, 6) is 1.94. The number of nitrogens with zero attached hydrogens (tertiary/aromatic N) is 1. The van der Waals surface area contributed by atoms with E-state index in [-0.39, 0.29) is 16.9 Å². The van der Waals surface area contributed by atoms with Crippen LogP contribution in [0.15, 0.2) is 42.3 Å². The summed E-state index contributed by atoms with van der Waals surface area (Å²) < 4.78 is 14.1. The molecule has 2 rings (SSSR count). The van der Waals surface area contributed by atoms with Crippen molar-refractivity contribution in [2.75, 3.05) is 6.54 Å². The van der Waals surface area contributed by atoms with E-state index in [0.29, 0.717) is 32.4 Å². The van der Waals surface area contributed by atoms with Crippen molar-refractivity contribution in [3.63, 3.8) is 0 Å². The summed E-state index contributed by atoms with van der Waals surface area (Å²) in [6, 6.07) is 6.56. The zero-order valence-corrected chi connectivity index (χ0v) is 16.0. The summed E-state index contributed by atoms with van der Waals surface area (Å²) >= 11 is 0. The van der Waals surface area contributed by atoms with E-state index in [2.05, 4.69) is 0 Å². The van der Waals surface area contributed by atoms with E-state index in [1.54, 1.807) is 4.90 Å². The number of amides is 2. The van der Waals surface area contributed by atoms with Crippen LogP contribution >= 0.6 is 0 Å². The number of unbranched alkanes of at least 4 members (excludes halogenated alkanes) is 1. The van der Waals surface area contributed by atoms with Crippen molar-refractivity contribution in [3.8, 4) is 0 Å². The van der Waals surface area contributed by atoms with Crippen LogP contribution in [0.3, 0.4) is 0 Å². The van der Waals surface area contributed by atoms with Gasteiger partial charge in [-0.1, -0.05) is 0 Å². The number of halogens is 1. The molecule has 1 atom stereocenters. The third-order valence-electron chi connectivity index (χ3n) is 4.59. The fraction of sp³-hybridized carbons (Fsp3) is 0.316. The van der Waals surface area contributed by atoms with Crippen LogP contribution in [-0.2, 0) is 11.3 Å². The third kappa shape index (κ3) is 6.77. The summed E-state index contributed by atoms with van der Waals surface area (Å²) in [7, 11) is -1.95. The van der Waals surface area contributed by atoms with Gasteiger partial charge < -0.3 is 0 Å². The van der Waals surface area contributed by atoms with E-state index in [9.17, 15) is 14.0 Å². The minimum atomic E-state index is -1.95. The molecule has 1 aromatic heterocycles. The maximum absolute atomic E-state index is 14.1. The molecule has 0 aliphatic heterocycles. The Morgan fingerprint density at radius 2 is 2.00 bits per heavy atom. The molecule has 0 aliphatic rings. The quantitative estimate of drug-likeness (QED) is 0.315. The molecule has 0 saturated carbocycles. The first kappa shape index (κ1) is 22.7. The standard InChI is InChI=1S/C19H24B2FN3O4/c22-16-10-14(6-7-15(16)21(28)29)19(27)25(12-13-4-3-8-20-11-13)9-2-1-5-17(23)18(24)26/h3-4,6-8,10-11,17,28-29H,1-2,5,9,12,23H2,(H2,24,26). The second kappa shape index (κ2) is 10.8. The van der Waals surface area contributed by atoms with Crippen molar-refractivity contribution in [2.45, 2.75) is 31.8 Å². The Kier molecular flexibility index (Phi) is 8.50. The molecular weight excluding hydrogens is 375 g/mol.